The van der Waals surface area contributed by atoms with E-state index in [1.54, 1.807) is 0 Å². The molecule has 0 saturated heterocycles. The lowest BCUT2D eigenvalue weighted by atomic mass is 10.0. The van der Waals surface area contributed by atoms with Gasteiger partial charge in [0, 0.05) is 17.6 Å². The van der Waals surface area contributed by atoms with Gasteiger partial charge in [-0.2, -0.15) is 5.10 Å². The second-order valence-corrected chi connectivity index (χ2v) is 3.46. The van der Waals surface area contributed by atoms with E-state index in [1.807, 2.05) is 6.20 Å². The number of aryl methyl sites for hydroxylation is 1. The van der Waals surface area contributed by atoms with E-state index < -0.39 is 0 Å². The SMILES string of the molecule is c1cc2[nH]ncc2c2c1CCCN2. The molecular formula is C10H11N3. The molecule has 0 unspecified atom stereocenters. The minimum Gasteiger partial charge on any atom is -0.384 e. The maximum absolute atomic E-state index is 4.04. The summed E-state index contributed by atoms with van der Waals surface area (Å²) >= 11 is 0. The Labute approximate surface area is 76.1 Å². The third-order valence-corrected chi connectivity index (χ3v) is 2.64. The maximum Gasteiger partial charge on any atom is 0.0671 e. The smallest absolute Gasteiger partial charge is 0.0671 e. The molecule has 1 aromatic heterocycles. The van der Waals surface area contributed by atoms with Gasteiger partial charge in [-0.15, -0.1) is 0 Å². The third kappa shape index (κ3) is 0.932. The average molecular weight is 173 g/mol. The molecule has 1 aromatic carbocycles. The van der Waals surface area contributed by atoms with Crippen LogP contribution in [0.25, 0.3) is 10.9 Å². The van der Waals surface area contributed by atoms with Crippen molar-refractivity contribution in [3.8, 4) is 0 Å². The van der Waals surface area contributed by atoms with Crippen molar-refractivity contribution in [3.05, 3.63) is 23.9 Å². The Morgan fingerprint density at radius 1 is 1.31 bits per heavy atom. The Balaban J connectivity index is 2.34. The first-order valence-corrected chi connectivity index (χ1v) is 4.64. The molecule has 3 rings (SSSR count). The monoisotopic (exact) mass is 173 g/mol. The molecular weight excluding hydrogens is 162 g/mol. The summed E-state index contributed by atoms with van der Waals surface area (Å²) in [4.78, 5) is 0. The summed E-state index contributed by atoms with van der Waals surface area (Å²) < 4.78 is 0. The Morgan fingerprint density at radius 3 is 3.31 bits per heavy atom. The van der Waals surface area contributed by atoms with E-state index in [9.17, 15) is 0 Å². The van der Waals surface area contributed by atoms with E-state index in [0.29, 0.717) is 0 Å². The first-order chi connectivity index (χ1) is 6.45. The Morgan fingerprint density at radius 2 is 2.31 bits per heavy atom. The van der Waals surface area contributed by atoms with Gasteiger partial charge in [0.05, 0.1) is 11.7 Å². The molecule has 0 aliphatic carbocycles. The number of anilines is 1. The largest absolute Gasteiger partial charge is 0.384 e. The zero-order chi connectivity index (χ0) is 8.67. The molecule has 13 heavy (non-hydrogen) atoms. The summed E-state index contributed by atoms with van der Waals surface area (Å²) in [6.45, 7) is 1.08. The van der Waals surface area contributed by atoms with Gasteiger partial charge in [-0.1, -0.05) is 6.07 Å². The average Bonchev–Trinajstić information content (AvgIpc) is 2.65. The topological polar surface area (TPSA) is 40.7 Å². The quantitative estimate of drug-likeness (QED) is 0.639. The van der Waals surface area contributed by atoms with Crippen LogP contribution in [0.15, 0.2) is 18.3 Å². The summed E-state index contributed by atoms with van der Waals surface area (Å²) in [5.74, 6) is 0. The van der Waals surface area contributed by atoms with Crippen molar-refractivity contribution < 1.29 is 0 Å². The highest BCUT2D eigenvalue weighted by Gasteiger charge is 2.11. The third-order valence-electron chi connectivity index (χ3n) is 2.64. The number of nitrogens with one attached hydrogen (secondary N) is 2. The summed E-state index contributed by atoms with van der Waals surface area (Å²) in [5.41, 5.74) is 3.81. The number of H-pyrrole nitrogens is 1. The Bertz CT molecular complexity index is 444. The van der Waals surface area contributed by atoms with E-state index in [1.165, 1.54) is 29.5 Å². The minimum absolute atomic E-state index is 1.08. The number of rotatable bonds is 0. The fourth-order valence-electron chi connectivity index (χ4n) is 1.97. The van der Waals surface area contributed by atoms with E-state index in [2.05, 4.69) is 27.6 Å². The predicted octanol–water partition coefficient (Wildman–Crippen LogP) is 1.92. The first kappa shape index (κ1) is 6.95. The van der Waals surface area contributed by atoms with Crippen molar-refractivity contribution in [3.63, 3.8) is 0 Å². The van der Waals surface area contributed by atoms with Crippen LogP contribution in [0, 0.1) is 0 Å². The molecule has 1 aliphatic rings. The van der Waals surface area contributed by atoms with Crippen LogP contribution in [0.1, 0.15) is 12.0 Å². The lowest BCUT2D eigenvalue weighted by Gasteiger charge is -2.18. The second kappa shape index (κ2) is 2.49. The fraction of sp³-hybridized carbons (Fsp3) is 0.300. The highest BCUT2D eigenvalue weighted by Crippen LogP contribution is 2.29. The lowest BCUT2D eigenvalue weighted by Crippen LogP contribution is -2.11. The van der Waals surface area contributed by atoms with Gasteiger partial charge in [-0.05, 0) is 24.5 Å². The minimum atomic E-state index is 1.08. The second-order valence-electron chi connectivity index (χ2n) is 3.46. The van der Waals surface area contributed by atoms with Gasteiger partial charge < -0.3 is 5.32 Å². The lowest BCUT2D eigenvalue weighted by molar-refractivity contribution is 0.833. The van der Waals surface area contributed by atoms with Crippen molar-refractivity contribution in [2.75, 3.05) is 11.9 Å². The van der Waals surface area contributed by atoms with Gasteiger partial charge in [-0.25, -0.2) is 0 Å². The zero-order valence-electron chi connectivity index (χ0n) is 7.30. The molecule has 0 saturated carbocycles. The van der Waals surface area contributed by atoms with Crippen LogP contribution in [0.3, 0.4) is 0 Å². The van der Waals surface area contributed by atoms with Crippen LogP contribution in [-0.4, -0.2) is 16.7 Å². The van der Waals surface area contributed by atoms with Crippen molar-refractivity contribution in [1.82, 2.24) is 10.2 Å². The molecule has 0 radical (unpaired) electrons. The van der Waals surface area contributed by atoms with Gasteiger partial charge in [0.1, 0.15) is 0 Å². The van der Waals surface area contributed by atoms with Gasteiger partial charge in [-0.3, -0.25) is 5.10 Å². The van der Waals surface area contributed by atoms with Crippen molar-refractivity contribution in [1.29, 1.82) is 0 Å². The van der Waals surface area contributed by atoms with E-state index in [-0.39, 0.29) is 0 Å². The number of nitrogens with zero attached hydrogens (tertiary/aromatic N) is 1. The number of aromatic amines is 1. The molecule has 0 spiro atoms. The van der Waals surface area contributed by atoms with Crippen LogP contribution in [0.5, 0.6) is 0 Å². The molecule has 3 nitrogen and oxygen atoms in total. The van der Waals surface area contributed by atoms with Gasteiger partial charge in [0.25, 0.3) is 0 Å². The molecule has 0 amide bonds. The predicted molar refractivity (Wildman–Crippen MR) is 52.9 cm³/mol. The number of aromatic nitrogens is 2. The van der Waals surface area contributed by atoms with E-state index >= 15 is 0 Å². The van der Waals surface area contributed by atoms with Crippen molar-refractivity contribution >= 4 is 16.6 Å². The van der Waals surface area contributed by atoms with Gasteiger partial charge in [0.2, 0.25) is 0 Å². The van der Waals surface area contributed by atoms with Gasteiger partial charge >= 0.3 is 0 Å². The summed E-state index contributed by atoms with van der Waals surface area (Å²) in [7, 11) is 0. The molecule has 2 aromatic rings. The van der Waals surface area contributed by atoms with Crippen LogP contribution in [-0.2, 0) is 6.42 Å². The van der Waals surface area contributed by atoms with E-state index in [0.717, 1.165) is 12.1 Å². The van der Waals surface area contributed by atoms with Gasteiger partial charge in [0.15, 0.2) is 0 Å². The standard InChI is InChI=1S/C10H11N3/c1-2-7-3-4-9-8(6-12-13-9)10(7)11-5-1/h3-4,6,11H,1-2,5H2,(H,12,13). The molecule has 1 aliphatic heterocycles. The van der Waals surface area contributed by atoms with Crippen molar-refractivity contribution in [2.24, 2.45) is 0 Å². The summed E-state index contributed by atoms with van der Waals surface area (Å²) in [5, 5.41) is 11.7. The number of hydrogen-bond donors (Lipinski definition) is 2. The van der Waals surface area contributed by atoms with Crippen LogP contribution in [0.2, 0.25) is 0 Å². The number of fused-ring (bicyclic) bond motifs is 3. The van der Waals surface area contributed by atoms with Crippen molar-refractivity contribution in [2.45, 2.75) is 12.8 Å². The fourth-order valence-corrected chi connectivity index (χ4v) is 1.97. The molecule has 0 atom stereocenters. The summed E-state index contributed by atoms with van der Waals surface area (Å²) in [6.07, 6.45) is 4.31. The Hall–Kier alpha value is -1.51. The van der Waals surface area contributed by atoms with Crippen LogP contribution in [0.4, 0.5) is 5.69 Å². The maximum atomic E-state index is 4.04. The van der Waals surface area contributed by atoms with E-state index in [4.69, 9.17) is 0 Å². The number of hydrogen-bond acceptors (Lipinski definition) is 2. The highest BCUT2D eigenvalue weighted by atomic mass is 15.1. The normalized spacial score (nSPS) is 15.4. The zero-order valence-corrected chi connectivity index (χ0v) is 7.30. The molecule has 2 N–H and O–H groups in total. The molecule has 0 fully saturated rings. The number of benzene rings is 1. The molecule has 0 bridgehead atoms. The highest BCUT2D eigenvalue weighted by molar-refractivity contribution is 5.93. The molecule has 3 heteroatoms. The first-order valence-electron chi connectivity index (χ1n) is 4.64. The molecule has 66 valence electrons. The molecule has 2 heterocycles. The summed E-state index contributed by atoms with van der Waals surface area (Å²) in [6, 6.07) is 4.29. The Kier molecular flexibility index (Phi) is 1.33. The van der Waals surface area contributed by atoms with Crippen LogP contribution >= 0.6 is 0 Å². The van der Waals surface area contributed by atoms with Crippen LogP contribution < -0.4 is 5.32 Å².